The molecule has 0 bridgehead atoms. The number of nitrogens with zero attached hydrogens (tertiary/aromatic N) is 3. The Hall–Kier alpha value is -0.230. The van der Waals surface area contributed by atoms with Gasteiger partial charge in [0.25, 0.3) is 0 Å². The van der Waals surface area contributed by atoms with Crippen molar-refractivity contribution in [2.24, 2.45) is 0 Å². The highest BCUT2D eigenvalue weighted by Crippen LogP contribution is 2.26. The van der Waals surface area contributed by atoms with Gasteiger partial charge in [0.15, 0.2) is 0 Å². The summed E-state index contributed by atoms with van der Waals surface area (Å²) < 4.78 is 1.56. The predicted molar refractivity (Wildman–Crippen MR) is 51.4 cm³/mol. The normalized spacial score (nSPS) is 11.1. The van der Waals surface area contributed by atoms with Crippen molar-refractivity contribution in [3.8, 4) is 0 Å². The molecule has 0 N–H and O–H groups in total. The van der Waals surface area contributed by atoms with Crippen LogP contribution in [0.4, 0.5) is 5.69 Å². The van der Waals surface area contributed by atoms with Crippen molar-refractivity contribution in [2.45, 2.75) is 6.92 Å². The van der Waals surface area contributed by atoms with Crippen LogP contribution in [0.3, 0.4) is 0 Å². The van der Waals surface area contributed by atoms with E-state index in [4.69, 9.17) is 0 Å². The standard InChI is InChI=1S/C4H5IN3O2P/c1-3-4(8(9)10)2-7(6-3)11-5/h2,11H,1H3. The molecule has 5 nitrogen and oxygen atoms in total. The third-order valence-corrected chi connectivity index (χ3v) is 3.04. The van der Waals surface area contributed by atoms with Crippen LogP contribution in [0.25, 0.3) is 0 Å². The van der Waals surface area contributed by atoms with Gasteiger partial charge < -0.3 is 0 Å². The van der Waals surface area contributed by atoms with Crippen molar-refractivity contribution >= 4 is 34.1 Å². The highest BCUT2D eigenvalue weighted by molar-refractivity contribution is 14.2. The fourth-order valence-electron chi connectivity index (χ4n) is 0.673. The maximum atomic E-state index is 10.3. The quantitative estimate of drug-likeness (QED) is 0.361. The number of aromatic nitrogens is 2. The fraction of sp³-hybridized carbons (Fsp3) is 0.250. The largest absolute Gasteiger partial charge is 0.310 e. The van der Waals surface area contributed by atoms with Gasteiger partial charge in [-0.25, -0.2) is 4.45 Å². The second kappa shape index (κ2) is 3.44. The van der Waals surface area contributed by atoms with Gasteiger partial charge in [-0.15, -0.1) is 0 Å². The van der Waals surface area contributed by atoms with Gasteiger partial charge >= 0.3 is 5.69 Å². The van der Waals surface area contributed by atoms with E-state index in [-0.39, 0.29) is 5.69 Å². The molecule has 60 valence electrons. The molecule has 7 heteroatoms. The second-order valence-electron chi connectivity index (χ2n) is 1.89. The first kappa shape index (κ1) is 8.86. The van der Waals surface area contributed by atoms with Crippen LogP contribution in [0.2, 0.25) is 0 Å². The summed E-state index contributed by atoms with van der Waals surface area (Å²) in [6.45, 7) is 1.63. The van der Waals surface area contributed by atoms with Crippen molar-refractivity contribution < 1.29 is 4.92 Å². The van der Waals surface area contributed by atoms with Crippen LogP contribution in [-0.4, -0.2) is 14.5 Å². The third kappa shape index (κ3) is 1.87. The Kier molecular flexibility index (Phi) is 2.78. The van der Waals surface area contributed by atoms with Gasteiger partial charge in [-0.1, -0.05) is 0 Å². The first-order valence-electron chi connectivity index (χ1n) is 2.72. The molecular formula is C4H5IN3O2P. The number of rotatable bonds is 2. The Morgan fingerprint density at radius 1 is 1.91 bits per heavy atom. The summed E-state index contributed by atoms with van der Waals surface area (Å²) in [6.07, 6.45) is 1.86. The average Bonchev–Trinajstić information content (AvgIpc) is 2.30. The van der Waals surface area contributed by atoms with Crippen LogP contribution in [0, 0.1) is 17.0 Å². The number of halogens is 1. The molecule has 11 heavy (non-hydrogen) atoms. The molecule has 0 fully saturated rings. The number of nitro groups is 1. The Labute approximate surface area is 77.6 Å². The highest BCUT2D eigenvalue weighted by atomic mass is 127. The van der Waals surface area contributed by atoms with E-state index in [1.165, 1.54) is 6.20 Å². The van der Waals surface area contributed by atoms with Gasteiger partial charge in [-0.2, -0.15) is 5.10 Å². The first-order valence-corrected chi connectivity index (χ1v) is 6.78. The summed E-state index contributed by atoms with van der Waals surface area (Å²) in [5.74, 6) is 0. The van der Waals surface area contributed by atoms with Gasteiger partial charge in [0.1, 0.15) is 11.9 Å². The molecule has 0 aliphatic carbocycles. The third-order valence-electron chi connectivity index (χ3n) is 1.16. The summed E-state index contributed by atoms with van der Waals surface area (Å²) in [4.78, 5) is 9.88. The van der Waals surface area contributed by atoms with Crippen molar-refractivity contribution in [1.82, 2.24) is 9.55 Å². The van der Waals surface area contributed by atoms with Gasteiger partial charge in [-0.3, -0.25) is 10.1 Å². The Morgan fingerprint density at radius 3 is 2.82 bits per heavy atom. The summed E-state index contributed by atoms with van der Waals surface area (Å²) in [5, 5.41) is 14.2. The topological polar surface area (TPSA) is 61.0 Å². The minimum Gasteiger partial charge on any atom is -0.258 e. The molecule has 0 saturated carbocycles. The molecule has 1 aromatic heterocycles. The van der Waals surface area contributed by atoms with E-state index in [1.54, 1.807) is 11.4 Å². The predicted octanol–water partition coefficient (Wildman–Crippen LogP) is 1.89. The maximum Gasteiger partial charge on any atom is 0.310 e. The molecule has 1 heterocycles. The zero-order valence-electron chi connectivity index (χ0n) is 5.61. The Balaban J connectivity index is 3.07. The lowest BCUT2D eigenvalue weighted by Gasteiger charge is -1.85. The summed E-state index contributed by atoms with van der Waals surface area (Å²) in [5.41, 5.74) is 0.563. The molecule has 1 rings (SSSR count). The molecule has 0 aliphatic rings. The van der Waals surface area contributed by atoms with Crippen LogP contribution in [0.1, 0.15) is 5.69 Å². The maximum absolute atomic E-state index is 10.3. The molecule has 1 unspecified atom stereocenters. The first-order chi connectivity index (χ1) is 5.15. The zero-order valence-corrected chi connectivity index (χ0v) is 8.77. The lowest BCUT2D eigenvalue weighted by Crippen LogP contribution is -1.86. The summed E-state index contributed by atoms with van der Waals surface area (Å²) in [6, 6.07) is 0. The van der Waals surface area contributed by atoms with Crippen molar-refractivity contribution in [2.75, 3.05) is 0 Å². The Morgan fingerprint density at radius 2 is 2.55 bits per heavy atom. The highest BCUT2D eigenvalue weighted by Gasteiger charge is 2.14. The minimum absolute atomic E-state index is 0.0918. The molecule has 1 atom stereocenters. The second-order valence-corrected chi connectivity index (χ2v) is 3.96. The van der Waals surface area contributed by atoms with E-state index in [9.17, 15) is 10.1 Å². The molecule has 0 aliphatic heterocycles. The molecule has 0 aromatic carbocycles. The van der Waals surface area contributed by atoms with Crippen molar-refractivity contribution in [3.63, 3.8) is 0 Å². The number of hydrogen-bond acceptors (Lipinski definition) is 3. The van der Waals surface area contributed by atoms with Crippen molar-refractivity contribution in [1.29, 1.82) is 0 Å². The fourth-order valence-corrected chi connectivity index (χ4v) is 1.77. The van der Waals surface area contributed by atoms with E-state index < -0.39 is 4.92 Å². The van der Waals surface area contributed by atoms with E-state index in [2.05, 4.69) is 27.1 Å². The van der Waals surface area contributed by atoms with E-state index in [1.807, 2.05) is 0 Å². The van der Waals surface area contributed by atoms with Gasteiger partial charge in [0.2, 0.25) is 0 Å². The molecule has 1 aromatic rings. The molecule has 0 radical (unpaired) electrons. The summed E-state index contributed by atoms with van der Waals surface area (Å²) in [7, 11) is 0. The van der Waals surface area contributed by atoms with Crippen LogP contribution >= 0.6 is 28.4 Å². The van der Waals surface area contributed by atoms with Crippen LogP contribution in [0.15, 0.2) is 6.20 Å². The Bertz CT molecular complexity index is 287. The van der Waals surface area contributed by atoms with E-state index in [0.29, 0.717) is 12.1 Å². The van der Waals surface area contributed by atoms with Crippen LogP contribution in [0.5, 0.6) is 0 Å². The van der Waals surface area contributed by atoms with E-state index in [0.717, 1.165) is 0 Å². The molecule has 0 saturated heterocycles. The van der Waals surface area contributed by atoms with Crippen molar-refractivity contribution in [3.05, 3.63) is 22.0 Å². The summed E-state index contributed by atoms with van der Waals surface area (Å²) >= 11 is 2.11. The zero-order chi connectivity index (χ0) is 8.43. The minimum atomic E-state index is -0.421. The molecule has 0 amide bonds. The molecular weight excluding hydrogens is 280 g/mol. The molecule has 0 spiro atoms. The lowest BCUT2D eigenvalue weighted by atomic mass is 10.4. The van der Waals surface area contributed by atoms with Gasteiger partial charge in [-0.05, 0) is 29.0 Å². The van der Waals surface area contributed by atoms with Crippen LogP contribution < -0.4 is 0 Å². The monoisotopic (exact) mass is 285 g/mol. The number of hydrogen-bond donors (Lipinski definition) is 0. The van der Waals surface area contributed by atoms with Gasteiger partial charge in [0.05, 0.1) is 11.3 Å². The van der Waals surface area contributed by atoms with Crippen LogP contribution in [-0.2, 0) is 0 Å². The van der Waals surface area contributed by atoms with Gasteiger partial charge in [0, 0.05) is 0 Å². The smallest absolute Gasteiger partial charge is 0.258 e. The SMILES string of the molecule is Cc1nn(PI)cc1[N+](=O)[O-]. The number of aryl methyl sites for hydroxylation is 1. The van der Waals surface area contributed by atoms with E-state index >= 15 is 0 Å². The lowest BCUT2D eigenvalue weighted by molar-refractivity contribution is -0.385. The average molecular weight is 285 g/mol.